The fraction of sp³-hybridized carbons (Fsp3) is 0.393. The van der Waals surface area contributed by atoms with Crippen LogP contribution < -0.4 is 5.32 Å². The number of halogens is 1. The van der Waals surface area contributed by atoms with Crippen molar-refractivity contribution in [2.75, 3.05) is 18.4 Å². The molecule has 184 valence electrons. The Morgan fingerprint density at radius 1 is 1.09 bits per heavy atom. The number of benzene rings is 2. The molecule has 0 saturated heterocycles. The molecule has 4 rings (SSSR count). The van der Waals surface area contributed by atoms with Gasteiger partial charge in [-0.25, -0.2) is 4.68 Å². The third-order valence-corrected chi connectivity index (χ3v) is 6.87. The van der Waals surface area contributed by atoms with Crippen LogP contribution in [-0.4, -0.2) is 39.6 Å². The number of hydrogen-bond acceptors (Lipinski definition) is 3. The molecule has 1 heterocycles. The van der Waals surface area contributed by atoms with Crippen molar-refractivity contribution in [3.8, 4) is 16.9 Å². The number of carbonyl (C=O) groups excluding carboxylic acids is 2. The molecule has 1 aliphatic carbocycles. The van der Waals surface area contributed by atoms with Gasteiger partial charge in [-0.1, -0.05) is 86.7 Å². The number of amides is 2. The molecule has 2 amide bonds. The summed E-state index contributed by atoms with van der Waals surface area (Å²) in [7, 11) is 0. The standard InChI is InChI=1S/C28H33ClN4O2/c1-2-18-32(28(35)17-16-21-10-6-7-11-21)20-27(34)30-26-19-24(22-12-4-3-5-13-22)31-33(26)25-15-9-8-14-23(25)29/h3-5,8-9,12-15,19,21H,2,6-7,10-11,16-18,20H2,1H3,(H,30,34). The van der Waals surface area contributed by atoms with E-state index in [4.69, 9.17) is 16.7 Å². The van der Waals surface area contributed by atoms with Gasteiger partial charge in [0.25, 0.3) is 0 Å². The molecule has 2 aromatic carbocycles. The molecule has 7 heteroatoms. The Kier molecular flexibility index (Phi) is 8.59. The van der Waals surface area contributed by atoms with Gasteiger partial charge in [0.1, 0.15) is 5.82 Å². The topological polar surface area (TPSA) is 67.2 Å². The van der Waals surface area contributed by atoms with Gasteiger partial charge in [0.15, 0.2) is 0 Å². The van der Waals surface area contributed by atoms with Crippen LogP contribution in [0.3, 0.4) is 0 Å². The minimum atomic E-state index is -0.250. The lowest BCUT2D eigenvalue weighted by Crippen LogP contribution is -2.38. The van der Waals surface area contributed by atoms with Gasteiger partial charge in [-0.3, -0.25) is 9.59 Å². The maximum Gasteiger partial charge on any atom is 0.245 e. The van der Waals surface area contributed by atoms with E-state index >= 15 is 0 Å². The first kappa shape index (κ1) is 25.0. The van der Waals surface area contributed by atoms with Crippen LogP contribution in [0.4, 0.5) is 5.82 Å². The molecule has 1 aliphatic rings. The van der Waals surface area contributed by atoms with E-state index in [-0.39, 0.29) is 18.4 Å². The second-order valence-electron chi connectivity index (χ2n) is 9.20. The lowest BCUT2D eigenvalue weighted by molar-refractivity contribution is -0.135. The average molecular weight is 493 g/mol. The van der Waals surface area contributed by atoms with Crippen LogP contribution in [0.5, 0.6) is 0 Å². The van der Waals surface area contributed by atoms with Gasteiger partial charge in [0.2, 0.25) is 11.8 Å². The second-order valence-corrected chi connectivity index (χ2v) is 9.60. The van der Waals surface area contributed by atoms with E-state index in [0.717, 1.165) is 24.1 Å². The van der Waals surface area contributed by atoms with E-state index in [1.54, 1.807) is 15.6 Å². The quantitative estimate of drug-likeness (QED) is 0.359. The molecular formula is C28H33ClN4O2. The number of para-hydroxylation sites is 1. The average Bonchev–Trinajstić information content (AvgIpc) is 3.53. The van der Waals surface area contributed by atoms with Crippen LogP contribution >= 0.6 is 11.6 Å². The first-order valence-electron chi connectivity index (χ1n) is 12.5. The van der Waals surface area contributed by atoms with E-state index in [0.29, 0.717) is 35.4 Å². The first-order valence-corrected chi connectivity index (χ1v) is 12.9. The van der Waals surface area contributed by atoms with Crippen molar-refractivity contribution >= 4 is 29.2 Å². The maximum absolute atomic E-state index is 13.1. The summed E-state index contributed by atoms with van der Waals surface area (Å²) in [5.74, 6) is 0.966. The Morgan fingerprint density at radius 3 is 2.51 bits per heavy atom. The van der Waals surface area contributed by atoms with Crippen LogP contribution in [0.1, 0.15) is 51.9 Å². The smallest absolute Gasteiger partial charge is 0.245 e. The molecule has 0 unspecified atom stereocenters. The van der Waals surface area contributed by atoms with Gasteiger partial charge >= 0.3 is 0 Å². The third kappa shape index (κ3) is 6.51. The highest BCUT2D eigenvalue weighted by Crippen LogP contribution is 2.29. The molecule has 1 saturated carbocycles. The van der Waals surface area contributed by atoms with Crippen molar-refractivity contribution in [3.05, 3.63) is 65.7 Å². The molecule has 3 aromatic rings. The summed E-state index contributed by atoms with van der Waals surface area (Å²) >= 11 is 6.45. The third-order valence-electron chi connectivity index (χ3n) is 6.55. The Labute approximate surface area is 212 Å². The fourth-order valence-corrected chi connectivity index (χ4v) is 4.95. The highest BCUT2D eigenvalue weighted by Gasteiger charge is 2.22. The van der Waals surface area contributed by atoms with Gasteiger partial charge in [-0.15, -0.1) is 0 Å². The summed E-state index contributed by atoms with van der Waals surface area (Å²) in [6.45, 7) is 2.61. The molecule has 35 heavy (non-hydrogen) atoms. The van der Waals surface area contributed by atoms with Crippen molar-refractivity contribution in [2.45, 2.75) is 51.9 Å². The number of carbonyl (C=O) groups is 2. The predicted molar refractivity (Wildman–Crippen MR) is 141 cm³/mol. The second kappa shape index (κ2) is 12.0. The highest BCUT2D eigenvalue weighted by molar-refractivity contribution is 6.32. The zero-order chi connectivity index (χ0) is 24.6. The van der Waals surface area contributed by atoms with E-state index in [1.165, 1.54) is 25.7 Å². The van der Waals surface area contributed by atoms with E-state index in [9.17, 15) is 9.59 Å². The lowest BCUT2D eigenvalue weighted by Gasteiger charge is -2.22. The van der Waals surface area contributed by atoms with Crippen molar-refractivity contribution in [3.63, 3.8) is 0 Å². The van der Waals surface area contributed by atoms with Gasteiger partial charge in [-0.2, -0.15) is 5.10 Å². The number of rotatable bonds is 10. The van der Waals surface area contributed by atoms with Gasteiger partial charge in [0, 0.05) is 24.6 Å². The summed E-state index contributed by atoms with van der Waals surface area (Å²) in [4.78, 5) is 27.7. The zero-order valence-electron chi connectivity index (χ0n) is 20.3. The lowest BCUT2D eigenvalue weighted by atomic mass is 10.0. The Balaban J connectivity index is 1.51. The number of hydrogen-bond donors (Lipinski definition) is 1. The molecule has 6 nitrogen and oxygen atoms in total. The van der Waals surface area contributed by atoms with Gasteiger partial charge in [0.05, 0.1) is 22.9 Å². The molecule has 1 fully saturated rings. The molecule has 1 N–H and O–H groups in total. The summed E-state index contributed by atoms with van der Waals surface area (Å²) in [5.41, 5.74) is 2.33. The molecular weight excluding hydrogens is 460 g/mol. The minimum Gasteiger partial charge on any atom is -0.333 e. The van der Waals surface area contributed by atoms with Crippen molar-refractivity contribution in [1.82, 2.24) is 14.7 Å². The van der Waals surface area contributed by atoms with E-state index < -0.39 is 0 Å². The monoisotopic (exact) mass is 492 g/mol. The Morgan fingerprint density at radius 2 is 1.80 bits per heavy atom. The number of nitrogens with one attached hydrogen (secondary N) is 1. The van der Waals surface area contributed by atoms with Gasteiger partial charge in [-0.05, 0) is 30.9 Å². The molecule has 0 bridgehead atoms. The van der Waals surface area contributed by atoms with Crippen molar-refractivity contribution < 1.29 is 9.59 Å². The molecule has 0 aliphatic heterocycles. The fourth-order valence-electron chi connectivity index (χ4n) is 4.73. The normalized spacial score (nSPS) is 13.7. The Bertz CT molecular complexity index is 1140. The molecule has 0 spiro atoms. The van der Waals surface area contributed by atoms with Crippen LogP contribution in [-0.2, 0) is 9.59 Å². The molecule has 0 radical (unpaired) electrons. The van der Waals surface area contributed by atoms with Crippen LogP contribution in [0.15, 0.2) is 60.7 Å². The summed E-state index contributed by atoms with van der Waals surface area (Å²) in [5, 5.41) is 8.23. The summed E-state index contributed by atoms with van der Waals surface area (Å²) in [6, 6.07) is 19.0. The Hall–Kier alpha value is -3.12. The van der Waals surface area contributed by atoms with Crippen LogP contribution in [0.2, 0.25) is 5.02 Å². The molecule has 0 atom stereocenters. The molecule has 1 aromatic heterocycles. The highest BCUT2D eigenvalue weighted by atomic mass is 35.5. The van der Waals surface area contributed by atoms with Crippen LogP contribution in [0, 0.1) is 5.92 Å². The van der Waals surface area contributed by atoms with E-state index in [2.05, 4.69) is 5.32 Å². The predicted octanol–water partition coefficient (Wildman–Crippen LogP) is 6.34. The van der Waals surface area contributed by atoms with Gasteiger partial charge < -0.3 is 10.2 Å². The van der Waals surface area contributed by atoms with Crippen molar-refractivity contribution in [2.24, 2.45) is 5.92 Å². The zero-order valence-corrected chi connectivity index (χ0v) is 21.0. The number of anilines is 1. The summed E-state index contributed by atoms with van der Waals surface area (Å²) < 4.78 is 1.65. The van der Waals surface area contributed by atoms with Crippen molar-refractivity contribution in [1.29, 1.82) is 0 Å². The van der Waals surface area contributed by atoms with Crippen LogP contribution in [0.25, 0.3) is 16.9 Å². The maximum atomic E-state index is 13.1. The summed E-state index contributed by atoms with van der Waals surface area (Å²) in [6.07, 6.45) is 7.20. The largest absolute Gasteiger partial charge is 0.333 e. The minimum absolute atomic E-state index is 0.0196. The first-order chi connectivity index (χ1) is 17.0. The number of nitrogens with zero attached hydrogens (tertiary/aromatic N) is 3. The SMILES string of the molecule is CCCN(CC(=O)Nc1cc(-c2ccccc2)nn1-c1ccccc1Cl)C(=O)CCC1CCCC1. The number of aromatic nitrogens is 2. The van der Waals surface area contributed by atoms with E-state index in [1.807, 2.05) is 61.5 Å².